The maximum absolute atomic E-state index is 11.5. The van der Waals surface area contributed by atoms with Crippen LogP contribution in [-0.4, -0.2) is 20.2 Å². The first kappa shape index (κ1) is 10.8. The number of nitrogens with two attached hydrogens (primary N) is 1. The average Bonchev–Trinajstić information content (AvgIpc) is 2.66. The zero-order chi connectivity index (χ0) is 11.7. The van der Waals surface area contributed by atoms with Gasteiger partial charge in [0, 0.05) is 5.39 Å². The fourth-order valence-electron chi connectivity index (χ4n) is 1.52. The number of thiophene rings is 1. The van der Waals surface area contributed by atoms with Crippen LogP contribution >= 0.6 is 11.3 Å². The monoisotopic (exact) mass is 237 g/mol. The second-order valence-corrected chi connectivity index (χ2v) is 4.19. The molecule has 0 atom stereocenters. The van der Waals surface area contributed by atoms with Gasteiger partial charge in [0.05, 0.1) is 24.6 Å². The highest BCUT2D eigenvalue weighted by Gasteiger charge is 2.18. The number of ether oxygens (including phenoxy) is 2. The van der Waals surface area contributed by atoms with Crippen LogP contribution in [0.25, 0.3) is 10.1 Å². The van der Waals surface area contributed by atoms with E-state index in [-0.39, 0.29) is 0 Å². The third-order valence-electron chi connectivity index (χ3n) is 2.31. The number of hydrogen-bond donors (Lipinski definition) is 1. The summed E-state index contributed by atoms with van der Waals surface area (Å²) < 4.78 is 10.7. The zero-order valence-corrected chi connectivity index (χ0v) is 9.76. The van der Waals surface area contributed by atoms with Crippen LogP contribution in [0.15, 0.2) is 18.2 Å². The molecule has 2 N–H and O–H groups in total. The predicted molar refractivity (Wildman–Crippen MR) is 64.1 cm³/mol. The van der Waals surface area contributed by atoms with Gasteiger partial charge in [0.2, 0.25) is 0 Å². The number of carbonyl (C=O) groups is 1. The van der Waals surface area contributed by atoms with Crippen molar-refractivity contribution in [2.24, 2.45) is 0 Å². The second kappa shape index (κ2) is 4.02. The number of fused-ring (bicyclic) bond motifs is 1. The molecule has 0 fully saturated rings. The van der Waals surface area contributed by atoms with Crippen LogP contribution in [0.3, 0.4) is 0 Å². The van der Waals surface area contributed by atoms with Crippen molar-refractivity contribution < 1.29 is 14.3 Å². The third-order valence-corrected chi connectivity index (χ3v) is 3.52. The normalized spacial score (nSPS) is 10.4. The Balaban J connectivity index is 2.72. The summed E-state index contributed by atoms with van der Waals surface area (Å²) >= 11 is 1.28. The van der Waals surface area contributed by atoms with Crippen LogP contribution in [0.1, 0.15) is 9.67 Å². The number of esters is 1. The first-order chi connectivity index (χ1) is 7.69. The van der Waals surface area contributed by atoms with Crippen molar-refractivity contribution in [2.45, 2.75) is 0 Å². The Morgan fingerprint density at radius 1 is 1.38 bits per heavy atom. The Morgan fingerprint density at radius 2 is 2.12 bits per heavy atom. The molecule has 0 aliphatic heterocycles. The fraction of sp³-hybridized carbons (Fsp3) is 0.182. The zero-order valence-electron chi connectivity index (χ0n) is 8.94. The van der Waals surface area contributed by atoms with E-state index in [2.05, 4.69) is 4.74 Å². The SMILES string of the molecule is COC(=O)c1sc2c(OC)cccc2c1N. The number of carbonyl (C=O) groups excluding carboxylic acids is 1. The van der Waals surface area contributed by atoms with E-state index in [0.717, 1.165) is 10.1 Å². The standard InChI is InChI=1S/C11H11NO3S/c1-14-7-5-3-4-6-8(12)10(11(13)15-2)16-9(6)7/h3-5H,12H2,1-2H3. The highest BCUT2D eigenvalue weighted by Crippen LogP contribution is 2.39. The van der Waals surface area contributed by atoms with E-state index in [1.807, 2.05) is 18.2 Å². The Labute approximate surface area is 96.6 Å². The Morgan fingerprint density at radius 3 is 2.75 bits per heavy atom. The number of anilines is 1. The summed E-state index contributed by atoms with van der Waals surface area (Å²) in [6.07, 6.45) is 0. The molecule has 1 aromatic heterocycles. The van der Waals surface area contributed by atoms with Crippen LogP contribution < -0.4 is 10.5 Å². The second-order valence-electron chi connectivity index (χ2n) is 3.17. The largest absolute Gasteiger partial charge is 0.495 e. The molecule has 1 heterocycles. The quantitative estimate of drug-likeness (QED) is 0.814. The van der Waals surface area contributed by atoms with Crippen LogP contribution in [0.2, 0.25) is 0 Å². The van der Waals surface area contributed by atoms with Crippen molar-refractivity contribution in [1.29, 1.82) is 0 Å². The van der Waals surface area contributed by atoms with Crippen LogP contribution in [0.4, 0.5) is 5.69 Å². The summed E-state index contributed by atoms with van der Waals surface area (Å²) in [5.41, 5.74) is 6.34. The first-order valence-corrected chi connectivity index (χ1v) is 5.44. The van der Waals surface area contributed by atoms with E-state index < -0.39 is 5.97 Å². The van der Waals surface area contributed by atoms with Crippen LogP contribution in [-0.2, 0) is 4.74 Å². The first-order valence-electron chi connectivity index (χ1n) is 4.62. The van der Waals surface area contributed by atoms with Gasteiger partial charge in [-0.15, -0.1) is 11.3 Å². The summed E-state index contributed by atoms with van der Waals surface area (Å²) in [7, 11) is 2.92. The molecule has 0 bridgehead atoms. The van der Waals surface area contributed by atoms with E-state index >= 15 is 0 Å². The van der Waals surface area contributed by atoms with Gasteiger partial charge < -0.3 is 15.2 Å². The Kier molecular flexibility index (Phi) is 2.70. The molecule has 2 rings (SSSR count). The smallest absolute Gasteiger partial charge is 0.350 e. The van der Waals surface area contributed by atoms with E-state index in [4.69, 9.17) is 10.5 Å². The lowest BCUT2D eigenvalue weighted by molar-refractivity contribution is 0.0607. The van der Waals surface area contributed by atoms with E-state index in [0.29, 0.717) is 16.3 Å². The van der Waals surface area contributed by atoms with Gasteiger partial charge in [-0.25, -0.2) is 4.79 Å². The molecule has 16 heavy (non-hydrogen) atoms. The molecule has 0 aliphatic rings. The molecule has 4 nitrogen and oxygen atoms in total. The van der Waals surface area contributed by atoms with E-state index in [1.165, 1.54) is 18.4 Å². The molecule has 0 saturated heterocycles. The minimum absolute atomic E-state index is 0.416. The topological polar surface area (TPSA) is 61.5 Å². The number of nitrogen functional groups attached to an aromatic ring is 1. The lowest BCUT2D eigenvalue weighted by Crippen LogP contribution is -2.01. The fourth-order valence-corrected chi connectivity index (χ4v) is 2.65. The van der Waals surface area contributed by atoms with Gasteiger partial charge in [0.1, 0.15) is 10.6 Å². The van der Waals surface area contributed by atoms with E-state index in [9.17, 15) is 4.79 Å². The maximum Gasteiger partial charge on any atom is 0.350 e. The van der Waals surface area contributed by atoms with Gasteiger partial charge >= 0.3 is 5.97 Å². The van der Waals surface area contributed by atoms with Crippen molar-refractivity contribution >= 4 is 33.1 Å². The van der Waals surface area contributed by atoms with Crippen molar-refractivity contribution in [2.75, 3.05) is 20.0 Å². The van der Waals surface area contributed by atoms with E-state index in [1.54, 1.807) is 7.11 Å². The molecule has 0 unspecified atom stereocenters. The number of methoxy groups -OCH3 is 2. The summed E-state index contributed by atoms with van der Waals surface area (Å²) in [4.78, 5) is 11.9. The minimum Gasteiger partial charge on any atom is -0.495 e. The van der Waals surface area contributed by atoms with Gasteiger partial charge in [0.15, 0.2) is 0 Å². The van der Waals surface area contributed by atoms with Crippen molar-refractivity contribution in [3.05, 3.63) is 23.1 Å². The molecule has 84 valence electrons. The Bertz CT molecular complexity index is 547. The number of hydrogen-bond acceptors (Lipinski definition) is 5. The lowest BCUT2D eigenvalue weighted by Gasteiger charge is -1.99. The third kappa shape index (κ3) is 1.49. The summed E-state index contributed by atoms with van der Waals surface area (Å²) in [5, 5.41) is 0.824. The molecule has 0 spiro atoms. The molecule has 2 aromatic rings. The molecular weight excluding hydrogens is 226 g/mol. The van der Waals surface area contributed by atoms with Crippen molar-refractivity contribution in [3.8, 4) is 5.75 Å². The highest BCUT2D eigenvalue weighted by molar-refractivity contribution is 7.22. The Hall–Kier alpha value is -1.75. The molecular formula is C11H11NO3S. The summed E-state index contributed by atoms with van der Waals surface area (Å²) in [6, 6.07) is 5.53. The maximum atomic E-state index is 11.5. The lowest BCUT2D eigenvalue weighted by atomic mass is 10.2. The summed E-state index contributed by atoms with van der Waals surface area (Å²) in [6.45, 7) is 0. The molecule has 1 aromatic carbocycles. The van der Waals surface area contributed by atoms with Crippen LogP contribution in [0, 0.1) is 0 Å². The van der Waals surface area contributed by atoms with Gasteiger partial charge in [0.25, 0.3) is 0 Å². The summed E-state index contributed by atoms with van der Waals surface area (Å²) in [5.74, 6) is 0.296. The van der Waals surface area contributed by atoms with Gasteiger partial charge in [-0.05, 0) is 6.07 Å². The minimum atomic E-state index is -0.416. The van der Waals surface area contributed by atoms with Gasteiger partial charge in [-0.2, -0.15) is 0 Å². The van der Waals surface area contributed by atoms with Gasteiger partial charge in [-0.3, -0.25) is 0 Å². The van der Waals surface area contributed by atoms with Crippen molar-refractivity contribution in [3.63, 3.8) is 0 Å². The number of benzene rings is 1. The highest BCUT2D eigenvalue weighted by atomic mass is 32.1. The average molecular weight is 237 g/mol. The molecule has 5 heteroatoms. The number of rotatable bonds is 2. The molecule has 0 amide bonds. The molecule has 0 saturated carbocycles. The molecule has 0 radical (unpaired) electrons. The van der Waals surface area contributed by atoms with Gasteiger partial charge in [-0.1, -0.05) is 12.1 Å². The molecule has 0 aliphatic carbocycles. The van der Waals surface area contributed by atoms with Crippen LogP contribution in [0.5, 0.6) is 5.75 Å². The predicted octanol–water partition coefficient (Wildman–Crippen LogP) is 2.28. The van der Waals surface area contributed by atoms with Crippen molar-refractivity contribution in [1.82, 2.24) is 0 Å².